The van der Waals surface area contributed by atoms with Crippen LogP contribution in [0.1, 0.15) is 24.9 Å². The predicted molar refractivity (Wildman–Crippen MR) is 60.9 cm³/mol. The van der Waals surface area contributed by atoms with Crippen molar-refractivity contribution in [1.82, 2.24) is 0 Å². The normalized spacial score (nSPS) is 12.8. The predicted octanol–water partition coefficient (Wildman–Crippen LogP) is 2.97. The van der Waals surface area contributed by atoms with Crippen LogP contribution in [0.5, 0.6) is 0 Å². The summed E-state index contributed by atoms with van der Waals surface area (Å²) < 4.78 is 12.9. The number of halogens is 1. The van der Waals surface area contributed by atoms with E-state index in [-0.39, 0.29) is 11.9 Å². The van der Waals surface area contributed by atoms with E-state index in [4.69, 9.17) is 5.73 Å². The van der Waals surface area contributed by atoms with Gasteiger partial charge in [0.25, 0.3) is 0 Å². The fraction of sp³-hybridized carbons (Fsp3) is 0.455. The molecule has 0 aliphatic rings. The second-order valence-electron chi connectivity index (χ2n) is 3.24. The van der Waals surface area contributed by atoms with Crippen molar-refractivity contribution in [2.45, 2.75) is 19.4 Å². The third-order valence-electron chi connectivity index (χ3n) is 1.92. The fourth-order valence-electron chi connectivity index (χ4n) is 1.19. The van der Waals surface area contributed by atoms with E-state index in [1.165, 1.54) is 12.1 Å². The zero-order chi connectivity index (χ0) is 10.4. The Bertz CT molecular complexity index is 278. The standard InChI is InChI=1S/C11H16FNS/c1-2-6-14-8-11(13)9-4-3-5-10(12)7-9/h3-5,7,11H,2,6,8,13H2,1H3. The minimum absolute atomic E-state index is 0.0535. The van der Waals surface area contributed by atoms with Crippen LogP contribution in [0.2, 0.25) is 0 Å². The lowest BCUT2D eigenvalue weighted by atomic mass is 10.1. The van der Waals surface area contributed by atoms with Crippen molar-refractivity contribution >= 4 is 11.8 Å². The Balaban J connectivity index is 2.47. The summed E-state index contributed by atoms with van der Waals surface area (Å²) >= 11 is 1.81. The van der Waals surface area contributed by atoms with E-state index in [1.807, 2.05) is 17.8 Å². The van der Waals surface area contributed by atoms with Crippen LogP contribution in [0.3, 0.4) is 0 Å². The Hall–Kier alpha value is -0.540. The quantitative estimate of drug-likeness (QED) is 0.761. The molecule has 0 bridgehead atoms. The van der Waals surface area contributed by atoms with E-state index in [0.717, 1.165) is 23.5 Å². The van der Waals surface area contributed by atoms with Crippen LogP contribution >= 0.6 is 11.8 Å². The van der Waals surface area contributed by atoms with Gasteiger partial charge in [0.15, 0.2) is 0 Å². The first-order chi connectivity index (χ1) is 6.74. The molecule has 1 aromatic carbocycles. The van der Waals surface area contributed by atoms with Crippen molar-refractivity contribution in [3.05, 3.63) is 35.6 Å². The maximum atomic E-state index is 12.9. The average molecular weight is 213 g/mol. The Labute approximate surface area is 88.9 Å². The van der Waals surface area contributed by atoms with Crippen molar-refractivity contribution in [1.29, 1.82) is 0 Å². The van der Waals surface area contributed by atoms with Gasteiger partial charge in [-0.25, -0.2) is 4.39 Å². The van der Waals surface area contributed by atoms with Gasteiger partial charge >= 0.3 is 0 Å². The number of hydrogen-bond donors (Lipinski definition) is 1. The summed E-state index contributed by atoms with van der Waals surface area (Å²) in [5, 5.41) is 0. The molecule has 0 amide bonds. The first kappa shape index (κ1) is 11.5. The second-order valence-corrected chi connectivity index (χ2v) is 4.39. The molecule has 0 radical (unpaired) electrons. The van der Waals surface area contributed by atoms with E-state index >= 15 is 0 Å². The molecule has 0 saturated carbocycles. The molecule has 0 heterocycles. The molecule has 0 aromatic heterocycles. The highest BCUT2D eigenvalue weighted by Gasteiger charge is 2.05. The SMILES string of the molecule is CCCSCC(N)c1cccc(F)c1. The highest BCUT2D eigenvalue weighted by Crippen LogP contribution is 2.17. The summed E-state index contributed by atoms with van der Waals surface area (Å²) in [6, 6.07) is 6.48. The lowest BCUT2D eigenvalue weighted by molar-refractivity contribution is 0.622. The monoisotopic (exact) mass is 213 g/mol. The van der Waals surface area contributed by atoms with Crippen LogP contribution in [0, 0.1) is 5.82 Å². The molecule has 0 saturated heterocycles. The second kappa shape index (κ2) is 6.04. The van der Waals surface area contributed by atoms with Gasteiger partial charge in [-0.05, 0) is 29.9 Å². The Morgan fingerprint density at radius 1 is 1.50 bits per heavy atom. The molecule has 1 aromatic rings. The molecule has 1 atom stereocenters. The highest BCUT2D eigenvalue weighted by molar-refractivity contribution is 7.99. The molecule has 2 N–H and O–H groups in total. The van der Waals surface area contributed by atoms with E-state index in [9.17, 15) is 4.39 Å². The van der Waals surface area contributed by atoms with Crippen LogP contribution < -0.4 is 5.73 Å². The number of nitrogens with two attached hydrogens (primary N) is 1. The molecule has 1 unspecified atom stereocenters. The summed E-state index contributed by atoms with van der Waals surface area (Å²) in [6.07, 6.45) is 1.15. The smallest absolute Gasteiger partial charge is 0.123 e. The first-order valence-electron chi connectivity index (χ1n) is 4.83. The van der Waals surface area contributed by atoms with Crippen LogP contribution in [-0.4, -0.2) is 11.5 Å². The van der Waals surface area contributed by atoms with Crippen LogP contribution in [0.25, 0.3) is 0 Å². The van der Waals surface area contributed by atoms with Crippen LogP contribution in [0.4, 0.5) is 4.39 Å². The molecular formula is C11H16FNS. The summed E-state index contributed by atoms with van der Waals surface area (Å²) in [5.41, 5.74) is 6.80. The van der Waals surface area contributed by atoms with E-state index in [0.29, 0.717) is 0 Å². The van der Waals surface area contributed by atoms with E-state index in [2.05, 4.69) is 6.92 Å². The van der Waals surface area contributed by atoms with E-state index in [1.54, 1.807) is 6.07 Å². The molecule has 14 heavy (non-hydrogen) atoms. The number of hydrogen-bond acceptors (Lipinski definition) is 2. The molecule has 0 spiro atoms. The summed E-state index contributed by atoms with van der Waals surface area (Å²) in [6.45, 7) is 2.14. The van der Waals surface area contributed by atoms with Gasteiger partial charge in [-0.2, -0.15) is 11.8 Å². The molecule has 78 valence electrons. The van der Waals surface area contributed by atoms with Crippen LogP contribution in [0.15, 0.2) is 24.3 Å². The largest absolute Gasteiger partial charge is 0.323 e. The van der Waals surface area contributed by atoms with Gasteiger partial charge < -0.3 is 5.73 Å². The maximum absolute atomic E-state index is 12.9. The van der Waals surface area contributed by atoms with Gasteiger partial charge in [-0.15, -0.1) is 0 Å². The molecular weight excluding hydrogens is 197 g/mol. The molecule has 0 aliphatic heterocycles. The fourth-order valence-corrected chi connectivity index (χ4v) is 2.09. The summed E-state index contributed by atoms with van der Waals surface area (Å²) in [4.78, 5) is 0. The minimum Gasteiger partial charge on any atom is -0.323 e. The first-order valence-corrected chi connectivity index (χ1v) is 5.98. The van der Waals surface area contributed by atoms with Crippen molar-refractivity contribution in [3.8, 4) is 0 Å². The van der Waals surface area contributed by atoms with Crippen molar-refractivity contribution in [2.75, 3.05) is 11.5 Å². The van der Waals surface area contributed by atoms with Gasteiger partial charge in [0.1, 0.15) is 5.82 Å². The van der Waals surface area contributed by atoms with Crippen molar-refractivity contribution in [3.63, 3.8) is 0 Å². The highest BCUT2D eigenvalue weighted by atomic mass is 32.2. The lowest BCUT2D eigenvalue weighted by Crippen LogP contribution is -2.13. The lowest BCUT2D eigenvalue weighted by Gasteiger charge is -2.11. The topological polar surface area (TPSA) is 26.0 Å². The summed E-state index contributed by atoms with van der Waals surface area (Å²) in [7, 11) is 0. The third-order valence-corrected chi connectivity index (χ3v) is 3.21. The molecule has 3 heteroatoms. The maximum Gasteiger partial charge on any atom is 0.123 e. The van der Waals surface area contributed by atoms with Gasteiger partial charge in [-0.3, -0.25) is 0 Å². The number of thioether (sulfide) groups is 1. The Morgan fingerprint density at radius 3 is 2.93 bits per heavy atom. The van der Waals surface area contributed by atoms with Gasteiger partial charge in [0.05, 0.1) is 0 Å². The molecule has 1 rings (SSSR count). The van der Waals surface area contributed by atoms with Gasteiger partial charge in [0, 0.05) is 11.8 Å². The minimum atomic E-state index is -0.210. The zero-order valence-corrected chi connectivity index (χ0v) is 9.19. The molecule has 1 nitrogen and oxygen atoms in total. The summed E-state index contributed by atoms with van der Waals surface area (Å²) in [5.74, 6) is 1.76. The Kier molecular flexibility index (Phi) is 4.98. The van der Waals surface area contributed by atoms with Crippen molar-refractivity contribution in [2.24, 2.45) is 5.73 Å². The third kappa shape index (κ3) is 3.68. The van der Waals surface area contributed by atoms with Gasteiger partial charge in [-0.1, -0.05) is 19.1 Å². The van der Waals surface area contributed by atoms with Crippen molar-refractivity contribution < 1.29 is 4.39 Å². The van der Waals surface area contributed by atoms with Crippen LogP contribution in [-0.2, 0) is 0 Å². The average Bonchev–Trinajstić information content (AvgIpc) is 2.18. The number of benzene rings is 1. The van der Waals surface area contributed by atoms with Gasteiger partial charge in [0.2, 0.25) is 0 Å². The molecule has 0 aliphatic carbocycles. The molecule has 0 fully saturated rings. The zero-order valence-electron chi connectivity index (χ0n) is 8.37. The number of rotatable bonds is 5. The van der Waals surface area contributed by atoms with E-state index < -0.39 is 0 Å². The Morgan fingerprint density at radius 2 is 2.29 bits per heavy atom.